The van der Waals surface area contributed by atoms with Gasteiger partial charge in [0, 0.05) is 24.7 Å². The molecule has 0 spiro atoms. The van der Waals surface area contributed by atoms with Crippen LogP contribution in [0.4, 0.5) is 29.5 Å². The summed E-state index contributed by atoms with van der Waals surface area (Å²) in [7, 11) is 0. The monoisotopic (exact) mass is 553 g/mol. The van der Waals surface area contributed by atoms with E-state index in [1.807, 2.05) is 12.2 Å². The van der Waals surface area contributed by atoms with Gasteiger partial charge in [-0.2, -0.15) is 13.2 Å². The summed E-state index contributed by atoms with van der Waals surface area (Å²) in [5.41, 5.74) is 0.692. The smallest absolute Gasteiger partial charge is 0.445 e. The largest absolute Gasteiger partial charge is 0.452 e. The molecule has 12 heteroatoms. The maximum atomic E-state index is 13.6. The lowest BCUT2D eigenvalue weighted by molar-refractivity contribution is -0.153. The second kappa shape index (κ2) is 11.6. The molecule has 0 bridgehead atoms. The predicted molar refractivity (Wildman–Crippen MR) is 141 cm³/mol. The topological polar surface area (TPSA) is 110 Å². The van der Waals surface area contributed by atoms with E-state index in [-0.39, 0.29) is 30.3 Å². The van der Waals surface area contributed by atoms with E-state index in [0.29, 0.717) is 30.9 Å². The van der Waals surface area contributed by atoms with Gasteiger partial charge < -0.3 is 24.7 Å². The maximum Gasteiger partial charge on any atom is 0.452 e. The van der Waals surface area contributed by atoms with Gasteiger partial charge in [-0.3, -0.25) is 4.79 Å². The fourth-order valence-electron chi connectivity index (χ4n) is 4.39. The number of nitrogens with one attached hydrogen (secondary N) is 2. The molecule has 0 unspecified atom stereocenters. The first kappa shape index (κ1) is 27.0. The van der Waals surface area contributed by atoms with Crippen LogP contribution < -0.4 is 10.6 Å². The fraction of sp³-hybridized carbons (Fsp3) is 0.286. The predicted octanol–water partition coefficient (Wildman–Crippen LogP) is 5.91. The van der Waals surface area contributed by atoms with Crippen LogP contribution in [0.1, 0.15) is 35.5 Å². The van der Waals surface area contributed by atoms with Crippen LogP contribution in [0.5, 0.6) is 0 Å². The molecular weight excluding hydrogens is 527 g/mol. The van der Waals surface area contributed by atoms with E-state index in [2.05, 4.69) is 26.7 Å². The molecule has 1 atom stereocenters. The summed E-state index contributed by atoms with van der Waals surface area (Å²) in [5.74, 6) is -2.38. The zero-order valence-corrected chi connectivity index (χ0v) is 21.3. The third kappa shape index (κ3) is 6.50. The highest BCUT2D eigenvalue weighted by atomic mass is 19.4. The van der Waals surface area contributed by atoms with Crippen molar-refractivity contribution in [3.05, 3.63) is 83.9 Å². The van der Waals surface area contributed by atoms with Gasteiger partial charge in [-0.15, -0.1) is 0 Å². The third-order valence-electron chi connectivity index (χ3n) is 6.42. The van der Waals surface area contributed by atoms with E-state index in [4.69, 9.17) is 9.15 Å². The highest BCUT2D eigenvalue weighted by Crippen LogP contribution is 2.35. The molecule has 2 N–H and O–H groups in total. The van der Waals surface area contributed by atoms with Gasteiger partial charge in [-0.25, -0.2) is 14.8 Å². The molecule has 1 aromatic carbocycles. The number of halogens is 3. The fourth-order valence-corrected chi connectivity index (χ4v) is 4.39. The molecule has 40 heavy (non-hydrogen) atoms. The van der Waals surface area contributed by atoms with Gasteiger partial charge in [0.15, 0.2) is 5.69 Å². The summed E-state index contributed by atoms with van der Waals surface area (Å²) in [6.45, 7) is 1.25. The molecule has 0 saturated carbocycles. The lowest BCUT2D eigenvalue weighted by atomic mass is 10.1. The van der Waals surface area contributed by atoms with Crippen LogP contribution >= 0.6 is 0 Å². The first-order valence-electron chi connectivity index (χ1n) is 12.7. The second-order valence-electron chi connectivity index (χ2n) is 9.37. The van der Waals surface area contributed by atoms with E-state index in [1.54, 1.807) is 29.2 Å². The van der Waals surface area contributed by atoms with Crippen molar-refractivity contribution in [3.8, 4) is 11.5 Å². The standard InChI is InChI=1S/C28H26F3N5O4/c29-28(30,31)24-23(35-26(40-24)19-9-5-2-6-10-19)25(37)34-20-11-12-22(32-15-20)33-21-13-14-36(16-21)27(38)39-17-18-7-3-1-4-8-18/h1-3,5-7,9-12,15,21H,4,8,13-14,16-17H2,(H,32,33)(H,34,37)/t21-/m0/s1. The van der Waals surface area contributed by atoms with E-state index in [1.165, 1.54) is 24.4 Å². The summed E-state index contributed by atoms with van der Waals surface area (Å²) in [6, 6.07) is 11.0. The molecule has 2 amide bonds. The van der Waals surface area contributed by atoms with Crippen LogP contribution in [-0.4, -0.2) is 52.6 Å². The normalized spacial score (nSPS) is 16.9. The number of carbonyl (C=O) groups is 2. The highest BCUT2D eigenvalue weighted by Gasteiger charge is 2.42. The average molecular weight is 554 g/mol. The lowest BCUT2D eigenvalue weighted by Gasteiger charge is -2.18. The summed E-state index contributed by atoms with van der Waals surface area (Å²) < 4.78 is 51.0. The second-order valence-corrected chi connectivity index (χ2v) is 9.37. The lowest BCUT2D eigenvalue weighted by Crippen LogP contribution is -2.32. The van der Waals surface area contributed by atoms with Gasteiger partial charge in [0.2, 0.25) is 11.7 Å². The van der Waals surface area contributed by atoms with Crippen molar-refractivity contribution >= 4 is 23.5 Å². The Bertz CT molecular complexity index is 1420. The summed E-state index contributed by atoms with van der Waals surface area (Å²) in [4.78, 5) is 34.8. The van der Waals surface area contributed by atoms with E-state index in [9.17, 15) is 22.8 Å². The quantitative estimate of drug-likeness (QED) is 0.375. The van der Waals surface area contributed by atoms with E-state index in [0.717, 1.165) is 18.4 Å². The molecule has 2 aliphatic rings. The van der Waals surface area contributed by atoms with Gasteiger partial charge in [0.05, 0.1) is 11.9 Å². The molecule has 3 aromatic rings. The molecule has 1 saturated heterocycles. The summed E-state index contributed by atoms with van der Waals surface area (Å²) >= 11 is 0. The van der Waals surface area contributed by atoms with Crippen LogP contribution in [0, 0.1) is 0 Å². The number of allylic oxidation sites excluding steroid dienone is 3. The van der Waals surface area contributed by atoms with Crippen molar-refractivity contribution in [3.63, 3.8) is 0 Å². The Morgan fingerprint density at radius 1 is 1.15 bits per heavy atom. The molecule has 1 aliphatic heterocycles. The molecular formula is C28H26F3N5O4. The molecule has 3 heterocycles. The van der Waals surface area contributed by atoms with Crippen molar-refractivity contribution in [1.82, 2.24) is 14.9 Å². The Kier molecular flexibility index (Phi) is 7.85. The number of ether oxygens (including phenoxy) is 1. The van der Waals surface area contributed by atoms with Crippen molar-refractivity contribution in [1.29, 1.82) is 0 Å². The Hall–Kier alpha value is -4.61. The molecule has 5 rings (SSSR count). The van der Waals surface area contributed by atoms with Gasteiger partial charge >= 0.3 is 12.3 Å². The number of oxazole rings is 1. The Labute approximate surface area is 227 Å². The molecule has 0 radical (unpaired) electrons. The SMILES string of the molecule is O=C(Nc1ccc(N[C@H]2CCN(C(=O)OCC3=CC=CCC3)C2)nc1)c1nc(-c2ccccc2)oc1C(F)(F)F. The summed E-state index contributed by atoms with van der Waals surface area (Å²) in [6.07, 6.45) is 4.55. The number of hydrogen-bond acceptors (Lipinski definition) is 7. The number of pyridine rings is 1. The molecule has 1 aliphatic carbocycles. The van der Waals surface area contributed by atoms with E-state index < -0.39 is 23.5 Å². The van der Waals surface area contributed by atoms with Gasteiger partial charge in [-0.1, -0.05) is 36.4 Å². The number of benzene rings is 1. The number of anilines is 2. The Morgan fingerprint density at radius 2 is 1.98 bits per heavy atom. The van der Waals surface area contributed by atoms with Crippen LogP contribution in [0.15, 0.2) is 76.9 Å². The first-order valence-corrected chi connectivity index (χ1v) is 12.7. The number of likely N-dealkylation sites (tertiary alicyclic amines) is 1. The number of aromatic nitrogens is 2. The van der Waals surface area contributed by atoms with E-state index >= 15 is 0 Å². The number of nitrogens with zero attached hydrogens (tertiary/aromatic N) is 3. The summed E-state index contributed by atoms with van der Waals surface area (Å²) in [5, 5.41) is 5.61. The van der Waals surface area contributed by atoms with Gasteiger partial charge in [-0.05, 0) is 49.1 Å². The molecule has 208 valence electrons. The van der Waals surface area contributed by atoms with Gasteiger partial charge in [0.1, 0.15) is 12.4 Å². The minimum absolute atomic E-state index is 0.0572. The zero-order chi connectivity index (χ0) is 28.1. The highest BCUT2D eigenvalue weighted by molar-refractivity contribution is 6.04. The van der Waals surface area contributed by atoms with Crippen LogP contribution in [0.25, 0.3) is 11.5 Å². The number of hydrogen-bond donors (Lipinski definition) is 2. The van der Waals surface area contributed by atoms with Crippen LogP contribution in [0.2, 0.25) is 0 Å². The minimum Gasteiger partial charge on any atom is -0.445 e. The van der Waals surface area contributed by atoms with Crippen LogP contribution in [-0.2, 0) is 10.9 Å². The minimum atomic E-state index is -4.91. The Balaban J connectivity index is 1.16. The first-order chi connectivity index (χ1) is 19.3. The Morgan fingerprint density at radius 3 is 2.67 bits per heavy atom. The van der Waals surface area contributed by atoms with Gasteiger partial charge in [0.25, 0.3) is 5.91 Å². The average Bonchev–Trinajstić information content (AvgIpc) is 3.62. The molecule has 1 fully saturated rings. The zero-order valence-electron chi connectivity index (χ0n) is 21.3. The van der Waals surface area contributed by atoms with Crippen molar-refractivity contribution < 1.29 is 31.9 Å². The van der Waals surface area contributed by atoms with Crippen molar-refractivity contribution in [2.24, 2.45) is 0 Å². The van der Waals surface area contributed by atoms with Crippen LogP contribution in [0.3, 0.4) is 0 Å². The number of carbonyl (C=O) groups excluding carboxylic acids is 2. The number of alkyl halides is 3. The molecule has 9 nitrogen and oxygen atoms in total. The molecule has 2 aromatic heterocycles. The third-order valence-corrected chi connectivity index (χ3v) is 6.42. The number of rotatable bonds is 7. The van der Waals surface area contributed by atoms with Crippen molar-refractivity contribution in [2.75, 3.05) is 30.3 Å². The number of amides is 2. The van der Waals surface area contributed by atoms with Crippen molar-refractivity contribution in [2.45, 2.75) is 31.5 Å². The maximum absolute atomic E-state index is 13.6.